The second-order valence-electron chi connectivity index (χ2n) is 4.05. The molecule has 86 valence electrons. The predicted octanol–water partition coefficient (Wildman–Crippen LogP) is 3.81. The Morgan fingerprint density at radius 2 is 1.75 bits per heavy atom. The number of benzene rings is 1. The molecule has 1 aromatic rings. The summed E-state index contributed by atoms with van der Waals surface area (Å²) in [5, 5.41) is 8.64. The maximum absolute atomic E-state index is 12.5. The van der Waals surface area contributed by atoms with E-state index in [0.717, 1.165) is 0 Å². The van der Waals surface area contributed by atoms with Crippen LogP contribution in [-0.4, -0.2) is 6.18 Å². The van der Waals surface area contributed by atoms with Crippen LogP contribution in [0.5, 0.6) is 0 Å². The average Bonchev–Trinajstić information content (AvgIpc) is 2.16. The van der Waals surface area contributed by atoms with E-state index in [-0.39, 0.29) is 6.42 Å². The Kier molecular flexibility index (Phi) is 3.58. The molecule has 0 bridgehead atoms. The molecule has 0 spiro atoms. The molecule has 0 saturated carbocycles. The summed E-state index contributed by atoms with van der Waals surface area (Å²) in [6.45, 7) is 1.47. The number of nitrogens with zero attached hydrogens (tertiary/aromatic N) is 1. The number of rotatable bonds is 3. The largest absolute Gasteiger partial charge is 0.389 e. The van der Waals surface area contributed by atoms with Crippen LogP contribution >= 0.6 is 0 Å². The Hall–Kier alpha value is -1.50. The number of halogens is 3. The van der Waals surface area contributed by atoms with Gasteiger partial charge in [-0.2, -0.15) is 18.4 Å². The van der Waals surface area contributed by atoms with Crippen molar-refractivity contribution in [1.82, 2.24) is 0 Å². The van der Waals surface area contributed by atoms with Crippen LogP contribution in [0.1, 0.15) is 25.3 Å². The minimum atomic E-state index is -4.26. The normalized spacial score (nSPS) is 15.2. The van der Waals surface area contributed by atoms with Gasteiger partial charge in [-0.15, -0.1) is 0 Å². The Morgan fingerprint density at radius 3 is 2.19 bits per heavy atom. The second-order valence-corrected chi connectivity index (χ2v) is 4.05. The molecule has 0 N–H and O–H groups in total. The molecule has 0 fully saturated rings. The second kappa shape index (κ2) is 4.56. The molecule has 1 unspecified atom stereocenters. The van der Waals surface area contributed by atoms with Crippen molar-refractivity contribution in [2.75, 3.05) is 0 Å². The van der Waals surface area contributed by atoms with Gasteiger partial charge in [0.15, 0.2) is 0 Å². The fourth-order valence-corrected chi connectivity index (χ4v) is 1.72. The van der Waals surface area contributed by atoms with Gasteiger partial charge in [0.25, 0.3) is 0 Å². The highest BCUT2D eigenvalue weighted by Gasteiger charge is 2.40. The average molecular weight is 227 g/mol. The topological polar surface area (TPSA) is 23.8 Å². The fourth-order valence-electron chi connectivity index (χ4n) is 1.72. The zero-order chi connectivity index (χ0) is 12.2. The Labute approximate surface area is 92.5 Å². The highest BCUT2D eigenvalue weighted by molar-refractivity contribution is 5.26. The van der Waals surface area contributed by atoms with Gasteiger partial charge >= 0.3 is 6.18 Å². The molecule has 0 aliphatic rings. The third-order valence-electron chi connectivity index (χ3n) is 2.53. The van der Waals surface area contributed by atoms with Crippen LogP contribution in [-0.2, 0) is 5.41 Å². The zero-order valence-corrected chi connectivity index (χ0v) is 8.88. The van der Waals surface area contributed by atoms with E-state index in [1.54, 1.807) is 30.3 Å². The van der Waals surface area contributed by atoms with Crippen molar-refractivity contribution in [3.63, 3.8) is 0 Å². The van der Waals surface area contributed by atoms with Gasteiger partial charge in [-0.05, 0) is 5.56 Å². The molecule has 0 aliphatic heterocycles. The van der Waals surface area contributed by atoms with Crippen molar-refractivity contribution in [3.8, 4) is 6.07 Å². The van der Waals surface area contributed by atoms with Crippen molar-refractivity contribution >= 4 is 0 Å². The maximum Gasteiger partial charge on any atom is 0.389 e. The fraction of sp³-hybridized carbons (Fsp3) is 0.417. The molecular formula is C12H12F3N. The molecule has 0 heterocycles. The van der Waals surface area contributed by atoms with Gasteiger partial charge < -0.3 is 0 Å². The third kappa shape index (κ3) is 3.27. The monoisotopic (exact) mass is 227 g/mol. The molecule has 0 amide bonds. The summed E-state index contributed by atoms with van der Waals surface area (Å²) in [4.78, 5) is 0. The standard InChI is InChI=1S/C12H12F3N/c1-11(7-8-16,9-12(13,14)15)10-5-3-2-4-6-10/h2-6H,7,9H2,1H3. The molecule has 1 aromatic carbocycles. The molecule has 16 heavy (non-hydrogen) atoms. The SMILES string of the molecule is CC(CC#N)(CC(F)(F)F)c1ccccc1. The first kappa shape index (κ1) is 12.6. The van der Waals surface area contributed by atoms with E-state index in [9.17, 15) is 13.2 Å². The summed E-state index contributed by atoms with van der Waals surface area (Å²) in [6.07, 6.45) is -5.38. The highest BCUT2D eigenvalue weighted by Crippen LogP contribution is 2.38. The van der Waals surface area contributed by atoms with Crippen molar-refractivity contribution in [1.29, 1.82) is 5.26 Å². The molecule has 1 atom stereocenters. The van der Waals surface area contributed by atoms with Gasteiger partial charge in [-0.3, -0.25) is 0 Å². The van der Waals surface area contributed by atoms with E-state index < -0.39 is 18.0 Å². The van der Waals surface area contributed by atoms with E-state index in [1.165, 1.54) is 6.92 Å². The van der Waals surface area contributed by atoms with Gasteiger partial charge in [0.05, 0.1) is 12.5 Å². The molecular weight excluding hydrogens is 215 g/mol. The smallest absolute Gasteiger partial charge is 0.198 e. The lowest BCUT2D eigenvalue weighted by Crippen LogP contribution is -2.29. The first-order valence-electron chi connectivity index (χ1n) is 4.87. The molecule has 1 rings (SSSR count). The lowest BCUT2D eigenvalue weighted by atomic mass is 9.77. The quantitative estimate of drug-likeness (QED) is 0.770. The first-order chi connectivity index (χ1) is 7.37. The molecule has 4 heteroatoms. The lowest BCUT2D eigenvalue weighted by Gasteiger charge is -2.28. The zero-order valence-electron chi connectivity index (χ0n) is 8.88. The van der Waals surface area contributed by atoms with Crippen LogP contribution in [0, 0.1) is 11.3 Å². The minimum absolute atomic E-state index is 0.142. The summed E-state index contributed by atoms with van der Waals surface area (Å²) in [6, 6.07) is 10.2. The Bertz CT molecular complexity index is 377. The van der Waals surface area contributed by atoms with Crippen LogP contribution in [0.4, 0.5) is 13.2 Å². The summed E-state index contributed by atoms with van der Waals surface area (Å²) in [5.41, 5.74) is -0.609. The minimum Gasteiger partial charge on any atom is -0.198 e. The van der Waals surface area contributed by atoms with E-state index in [4.69, 9.17) is 5.26 Å². The van der Waals surface area contributed by atoms with Crippen molar-refractivity contribution in [2.24, 2.45) is 0 Å². The highest BCUT2D eigenvalue weighted by atomic mass is 19.4. The van der Waals surface area contributed by atoms with E-state index in [2.05, 4.69) is 0 Å². The summed E-state index contributed by atoms with van der Waals surface area (Å²) in [5.74, 6) is 0. The van der Waals surface area contributed by atoms with Gasteiger partial charge in [0.2, 0.25) is 0 Å². The Morgan fingerprint density at radius 1 is 1.19 bits per heavy atom. The lowest BCUT2D eigenvalue weighted by molar-refractivity contribution is -0.146. The molecule has 1 nitrogen and oxygen atoms in total. The van der Waals surface area contributed by atoms with E-state index in [0.29, 0.717) is 5.56 Å². The Balaban J connectivity index is 3.03. The molecule has 0 aromatic heterocycles. The molecule has 0 saturated heterocycles. The van der Waals surface area contributed by atoms with Crippen molar-refractivity contribution < 1.29 is 13.2 Å². The predicted molar refractivity (Wildman–Crippen MR) is 54.7 cm³/mol. The van der Waals surface area contributed by atoms with Crippen molar-refractivity contribution in [2.45, 2.75) is 31.4 Å². The third-order valence-corrected chi connectivity index (χ3v) is 2.53. The number of nitriles is 1. The van der Waals surface area contributed by atoms with Crippen LogP contribution in [0.3, 0.4) is 0 Å². The van der Waals surface area contributed by atoms with Crippen LogP contribution in [0.2, 0.25) is 0 Å². The van der Waals surface area contributed by atoms with Crippen LogP contribution < -0.4 is 0 Å². The van der Waals surface area contributed by atoms with Crippen LogP contribution in [0.15, 0.2) is 30.3 Å². The number of hydrogen-bond acceptors (Lipinski definition) is 1. The van der Waals surface area contributed by atoms with Gasteiger partial charge in [0.1, 0.15) is 0 Å². The van der Waals surface area contributed by atoms with Gasteiger partial charge in [0, 0.05) is 11.8 Å². The number of hydrogen-bond donors (Lipinski definition) is 0. The number of alkyl halides is 3. The van der Waals surface area contributed by atoms with Gasteiger partial charge in [-0.1, -0.05) is 37.3 Å². The summed E-state index contributed by atoms with van der Waals surface area (Å²) >= 11 is 0. The maximum atomic E-state index is 12.5. The van der Waals surface area contributed by atoms with Crippen LogP contribution in [0.25, 0.3) is 0 Å². The van der Waals surface area contributed by atoms with Crippen molar-refractivity contribution in [3.05, 3.63) is 35.9 Å². The summed E-state index contributed by atoms with van der Waals surface area (Å²) < 4.78 is 37.4. The van der Waals surface area contributed by atoms with E-state index in [1.807, 2.05) is 6.07 Å². The summed E-state index contributed by atoms with van der Waals surface area (Å²) in [7, 11) is 0. The molecule has 0 radical (unpaired) electrons. The van der Waals surface area contributed by atoms with E-state index >= 15 is 0 Å². The van der Waals surface area contributed by atoms with Gasteiger partial charge in [-0.25, -0.2) is 0 Å². The molecule has 0 aliphatic carbocycles. The first-order valence-corrected chi connectivity index (χ1v) is 4.87.